The molecule has 0 aromatic carbocycles. The molecule has 0 saturated carbocycles. The zero-order valence-corrected chi connectivity index (χ0v) is 15.2. The van der Waals surface area contributed by atoms with Crippen molar-refractivity contribution in [2.24, 2.45) is 23.2 Å². The summed E-state index contributed by atoms with van der Waals surface area (Å²) in [5.41, 5.74) is -0.689. The molecule has 0 bridgehead atoms. The molecule has 0 N–H and O–H groups in total. The first kappa shape index (κ1) is 19.5. The summed E-state index contributed by atoms with van der Waals surface area (Å²) >= 11 is 0. The molecule has 0 atom stereocenters. The van der Waals surface area contributed by atoms with Gasteiger partial charge in [-0.1, -0.05) is 62.3 Å². The minimum Gasteiger partial charge on any atom is -0.459 e. The van der Waals surface area contributed by atoms with Crippen LogP contribution < -0.4 is 0 Å². The molecule has 120 valence electrons. The summed E-state index contributed by atoms with van der Waals surface area (Å²) in [5, 5.41) is 0. The van der Waals surface area contributed by atoms with Crippen LogP contribution >= 0.6 is 0 Å². The van der Waals surface area contributed by atoms with Crippen LogP contribution in [0.4, 0.5) is 0 Å². The van der Waals surface area contributed by atoms with Gasteiger partial charge in [0, 0.05) is 0 Å². The third kappa shape index (κ3) is 3.38. The maximum Gasteiger partial charge on any atom is 0.313 e. The van der Waals surface area contributed by atoms with Crippen molar-refractivity contribution in [3.63, 3.8) is 0 Å². The van der Waals surface area contributed by atoms with Gasteiger partial charge < -0.3 is 4.74 Å². The van der Waals surface area contributed by atoms with Gasteiger partial charge in [0.15, 0.2) is 0 Å². The third-order valence-corrected chi connectivity index (χ3v) is 5.46. The lowest BCUT2D eigenvalue weighted by molar-refractivity contribution is -0.185. The lowest BCUT2D eigenvalue weighted by atomic mass is 9.62. The fourth-order valence-electron chi connectivity index (χ4n) is 3.96. The second-order valence-corrected chi connectivity index (χ2v) is 7.03. The van der Waals surface area contributed by atoms with E-state index in [1.165, 1.54) is 0 Å². The van der Waals surface area contributed by atoms with E-state index in [0.29, 0.717) is 0 Å². The van der Waals surface area contributed by atoms with Crippen LogP contribution in [0.5, 0.6) is 0 Å². The van der Waals surface area contributed by atoms with Crippen molar-refractivity contribution in [3.05, 3.63) is 0 Å². The summed E-state index contributed by atoms with van der Waals surface area (Å²) in [6.07, 6.45) is 2.66. The molecule has 0 saturated heterocycles. The maximum absolute atomic E-state index is 13.1. The third-order valence-electron chi connectivity index (χ3n) is 5.46. The monoisotopic (exact) mass is 284 g/mol. The van der Waals surface area contributed by atoms with Crippen LogP contribution in [0, 0.1) is 23.2 Å². The Morgan fingerprint density at radius 3 is 1.30 bits per heavy atom. The molecule has 20 heavy (non-hydrogen) atoms. The van der Waals surface area contributed by atoms with Gasteiger partial charge in [-0.2, -0.15) is 0 Å². The molecule has 0 amide bonds. The predicted molar refractivity (Wildman–Crippen MR) is 86.6 cm³/mol. The molecule has 0 aromatic rings. The van der Waals surface area contributed by atoms with Crippen LogP contribution in [0.2, 0.25) is 0 Å². The average Bonchev–Trinajstić information content (AvgIpc) is 2.35. The van der Waals surface area contributed by atoms with Crippen LogP contribution in [-0.4, -0.2) is 11.6 Å². The zero-order valence-electron chi connectivity index (χ0n) is 15.2. The van der Waals surface area contributed by atoms with E-state index in [0.717, 1.165) is 19.3 Å². The molecule has 0 unspecified atom stereocenters. The molecule has 0 aliphatic heterocycles. The minimum absolute atomic E-state index is 0.00282. The largest absolute Gasteiger partial charge is 0.459 e. The van der Waals surface area contributed by atoms with Crippen molar-refractivity contribution in [2.45, 2.75) is 87.2 Å². The van der Waals surface area contributed by atoms with Gasteiger partial charge in [0.25, 0.3) is 0 Å². The van der Waals surface area contributed by atoms with Crippen LogP contribution in [0.1, 0.15) is 81.6 Å². The first-order valence-corrected chi connectivity index (χ1v) is 8.37. The summed E-state index contributed by atoms with van der Waals surface area (Å²) in [5.74, 6) is 0.831. The summed E-state index contributed by atoms with van der Waals surface area (Å²) in [6, 6.07) is 0. The van der Waals surface area contributed by atoms with Crippen molar-refractivity contribution in [1.82, 2.24) is 0 Å². The molecule has 2 nitrogen and oxygen atoms in total. The van der Waals surface area contributed by atoms with Gasteiger partial charge in [0.05, 0.1) is 5.41 Å². The van der Waals surface area contributed by atoms with E-state index >= 15 is 0 Å². The lowest BCUT2D eigenvalue weighted by Crippen LogP contribution is -2.50. The highest BCUT2D eigenvalue weighted by atomic mass is 16.6. The molecule has 0 rings (SSSR count). The Labute approximate surface area is 126 Å². The van der Waals surface area contributed by atoms with Gasteiger partial charge in [-0.25, -0.2) is 0 Å². The standard InChI is InChI=1S/C18H36O2/c1-10-17(11-2,12-3)20-16(19)18(13(4)5,14(6)7)15(8)9/h13-15H,10-12H2,1-9H3. The fourth-order valence-corrected chi connectivity index (χ4v) is 3.96. The van der Waals surface area contributed by atoms with E-state index in [2.05, 4.69) is 62.3 Å². The van der Waals surface area contributed by atoms with Crippen molar-refractivity contribution < 1.29 is 9.53 Å². The van der Waals surface area contributed by atoms with Gasteiger partial charge >= 0.3 is 5.97 Å². The molecule has 0 radical (unpaired) electrons. The molecule has 0 spiro atoms. The van der Waals surface area contributed by atoms with E-state index in [9.17, 15) is 4.79 Å². The average molecular weight is 284 g/mol. The van der Waals surface area contributed by atoms with E-state index in [1.54, 1.807) is 0 Å². The lowest BCUT2D eigenvalue weighted by Gasteiger charge is -2.45. The Bertz CT molecular complexity index is 269. The molecular weight excluding hydrogens is 248 g/mol. The van der Waals surface area contributed by atoms with Crippen LogP contribution in [0.3, 0.4) is 0 Å². The van der Waals surface area contributed by atoms with Gasteiger partial charge in [0.2, 0.25) is 0 Å². The van der Waals surface area contributed by atoms with Gasteiger partial charge in [0.1, 0.15) is 5.60 Å². The second kappa shape index (κ2) is 7.47. The van der Waals surface area contributed by atoms with Gasteiger partial charge in [-0.3, -0.25) is 4.79 Å². The molecule has 0 aliphatic carbocycles. The predicted octanol–water partition coefficient (Wildman–Crippen LogP) is 5.45. The highest BCUT2D eigenvalue weighted by molar-refractivity contribution is 5.78. The Balaban J connectivity index is 5.57. The number of hydrogen-bond donors (Lipinski definition) is 0. The number of carbonyl (C=O) groups is 1. The smallest absolute Gasteiger partial charge is 0.313 e. The minimum atomic E-state index is -0.398. The maximum atomic E-state index is 13.1. The summed E-state index contributed by atoms with van der Waals surface area (Å²) in [6.45, 7) is 19.2. The van der Waals surface area contributed by atoms with E-state index in [4.69, 9.17) is 4.74 Å². The van der Waals surface area contributed by atoms with Gasteiger partial charge in [-0.05, 0) is 37.0 Å². The highest BCUT2D eigenvalue weighted by Crippen LogP contribution is 2.45. The number of hydrogen-bond acceptors (Lipinski definition) is 2. The summed E-state index contributed by atoms with van der Waals surface area (Å²) in [7, 11) is 0. The van der Waals surface area contributed by atoms with Crippen LogP contribution in [0.15, 0.2) is 0 Å². The molecule has 2 heteroatoms. The normalized spacial score (nSPS) is 13.4. The number of carbonyl (C=O) groups excluding carboxylic acids is 1. The topological polar surface area (TPSA) is 26.3 Å². The zero-order chi connectivity index (χ0) is 16.1. The van der Waals surface area contributed by atoms with Crippen molar-refractivity contribution in [3.8, 4) is 0 Å². The summed E-state index contributed by atoms with van der Waals surface area (Å²) in [4.78, 5) is 13.1. The quantitative estimate of drug-likeness (QED) is 0.554. The first-order chi connectivity index (χ1) is 9.14. The molecule has 0 heterocycles. The van der Waals surface area contributed by atoms with Crippen LogP contribution in [0.25, 0.3) is 0 Å². The summed E-state index contributed by atoms with van der Waals surface area (Å²) < 4.78 is 6.10. The SMILES string of the molecule is CCC(CC)(CC)OC(=O)C(C(C)C)(C(C)C)C(C)C. The van der Waals surface area contributed by atoms with E-state index < -0.39 is 5.41 Å². The van der Waals surface area contributed by atoms with E-state index in [1.807, 2.05) is 0 Å². The van der Waals surface area contributed by atoms with Crippen LogP contribution in [-0.2, 0) is 9.53 Å². The van der Waals surface area contributed by atoms with Crippen molar-refractivity contribution >= 4 is 5.97 Å². The Hall–Kier alpha value is -0.530. The Kier molecular flexibility index (Phi) is 7.27. The second-order valence-electron chi connectivity index (χ2n) is 7.03. The highest BCUT2D eigenvalue weighted by Gasteiger charge is 2.50. The first-order valence-electron chi connectivity index (χ1n) is 8.37. The van der Waals surface area contributed by atoms with E-state index in [-0.39, 0.29) is 29.3 Å². The molecule has 0 aliphatic rings. The number of rotatable bonds is 8. The number of ether oxygens (including phenoxy) is 1. The van der Waals surface area contributed by atoms with Gasteiger partial charge in [-0.15, -0.1) is 0 Å². The number of esters is 1. The van der Waals surface area contributed by atoms with Crippen molar-refractivity contribution in [1.29, 1.82) is 0 Å². The molecular formula is C18H36O2. The fraction of sp³-hybridized carbons (Fsp3) is 0.944. The Morgan fingerprint density at radius 1 is 0.800 bits per heavy atom. The molecule has 0 aromatic heterocycles. The Morgan fingerprint density at radius 2 is 1.10 bits per heavy atom. The van der Waals surface area contributed by atoms with Crippen molar-refractivity contribution in [2.75, 3.05) is 0 Å². The molecule has 0 fully saturated rings.